The molecule has 0 aromatic heterocycles. The minimum atomic E-state index is -0.574. The summed E-state index contributed by atoms with van der Waals surface area (Å²) in [7, 11) is 0. The van der Waals surface area contributed by atoms with Crippen LogP contribution in [0.2, 0.25) is 15.1 Å². The van der Waals surface area contributed by atoms with Gasteiger partial charge in [-0.1, -0.05) is 46.9 Å². The number of hydrogen-bond donors (Lipinski definition) is 0. The normalized spacial score (nSPS) is 10.5. The van der Waals surface area contributed by atoms with Gasteiger partial charge in [-0.2, -0.15) is 0 Å². The lowest BCUT2D eigenvalue weighted by atomic mass is 10.0. The van der Waals surface area contributed by atoms with E-state index >= 15 is 0 Å². The summed E-state index contributed by atoms with van der Waals surface area (Å²) in [5.41, 5.74) is 1.07. The molecule has 4 nitrogen and oxygen atoms in total. The van der Waals surface area contributed by atoms with Crippen LogP contribution < -0.4 is 0 Å². The molecule has 2 aromatic rings. The largest absolute Gasteiger partial charge is 0.299 e. The van der Waals surface area contributed by atoms with Crippen molar-refractivity contribution < 1.29 is 9.72 Å². The van der Waals surface area contributed by atoms with Gasteiger partial charge in [-0.3, -0.25) is 14.9 Å². The molecule has 114 valence electrons. The summed E-state index contributed by atoms with van der Waals surface area (Å²) in [5, 5.41) is 11.7. The molecule has 2 rings (SSSR count). The number of carbonyl (C=O) groups is 1. The predicted molar refractivity (Wildman–Crippen MR) is 87.0 cm³/mol. The molecule has 0 saturated heterocycles. The first-order valence-corrected chi connectivity index (χ1v) is 7.38. The number of nitro benzene ring substituents is 1. The number of benzene rings is 2. The smallest absolute Gasteiger partial charge is 0.288 e. The lowest BCUT2D eigenvalue weighted by Gasteiger charge is -2.04. The molecule has 2 aromatic carbocycles. The zero-order chi connectivity index (χ0) is 16.3. The number of nitro groups is 1. The van der Waals surface area contributed by atoms with Gasteiger partial charge >= 0.3 is 0 Å². The van der Waals surface area contributed by atoms with Gasteiger partial charge in [-0.25, -0.2) is 0 Å². The average Bonchev–Trinajstić information content (AvgIpc) is 2.44. The highest BCUT2D eigenvalue weighted by Crippen LogP contribution is 2.26. The number of halogens is 3. The molecule has 0 aliphatic rings. The first kappa shape index (κ1) is 16.7. The van der Waals surface area contributed by atoms with E-state index in [9.17, 15) is 14.9 Å². The van der Waals surface area contributed by atoms with E-state index in [1.807, 2.05) is 0 Å². The lowest BCUT2D eigenvalue weighted by molar-refractivity contribution is -0.384. The lowest BCUT2D eigenvalue weighted by Crippen LogP contribution is -2.07. The van der Waals surface area contributed by atoms with E-state index in [-0.39, 0.29) is 29.3 Å². The standard InChI is InChI=1S/C15H10Cl3NO3/c16-12-3-1-9(7-14(12)18)5-11(20)6-10-2-4-13(17)15(8-10)19(21)22/h1-4,7-8H,5-6H2. The summed E-state index contributed by atoms with van der Waals surface area (Å²) in [6, 6.07) is 9.31. The Kier molecular flexibility index (Phi) is 5.40. The van der Waals surface area contributed by atoms with Gasteiger partial charge < -0.3 is 0 Å². The third-order valence-corrected chi connectivity index (χ3v) is 4.05. The van der Waals surface area contributed by atoms with Crippen molar-refractivity contribution in [2.24, 2.45) is 0 Å². The zero-order valence-corrected chi connectivity index (χ0v) is 13.5. The van der Waals surface area contributed by atoms with Crippen LogP contribution in [0.3, 0.4) is 0 Å². The minimum absolute atomic E-state index is 0.0469. The van der Waals surface area contributed by atoms with Gasteiger partial charge in [0.15, 0.2) is 0 Å². The summed E-state index contributed by atoms with van der Waals surface area (Å²) >= 11 is 17.4. The maximum absolute atomic E-state index is 12.1. The minimum Gasteiger partial charge on any atom is -0.299 e. The third kappa shape index (κ3) is 4.19. The van der Waals surface area contributed by atoms with E-state index in [4.69, 9.17) is 34.8 Å². The molecule has 0 saturated carbocycles. The van der Waals surface area contributed by atoms with Crippen molar-refractivity contribution in [2.75, 3.05) is 0 Å². The Morgan fingerprint density at radius 2 is 1.45 bits per heavy atom. The second kappa shape index (κ2) is 7.09. The molecule has 0 aliphatic heterocycles. The molecule has 0 fully saturated rings. The fourth-order valence-electron chi connectivity index (χ4n) is 1.98. The molecule has 7 heteroatoms. The van der Waals surface area contributed by atoms with E-state index in [1.165, 1.54) is 12.1 Å². The quantitative estimate of drug-likeness (QED) is 0.563. The van der Waals surface area contributed by atoms with Crippen molar-refractivity contribution in [3.8, 4) is 0 Å². The number of Topliss-reactive ketones (excluding diaryl/α,β-unsaturated/α-hetero) is 1. The molecular weight excluding hydrogens is 349 g/mol. The molecule has 0 spiro atoms. The van der Waals surface area contributed by atoms with Gasteiger partial charge in [-0.15, -0.1) is 0 Å². The van der Waals surface area contributed by atoms with Gasteiger partial charge in [0.2, 0.25) is 0 Å². The number of hydrogen-bond acceptors (Lipinski definition) is 3. The molecule has 0 bridgehead atoms. The SMILES string of the molecule is O=C(Cc1ccc(Cl)c(Cl)c1)Cc1ccc(Cl)c([N+](=O)[O-])c1. The Balaban J connectivity index is 2.10. The van der Waals surface area contributed by atoms with Crippen LogP contribution >= 0.6 is 34.8 Å². The zero-order valence-electron chi connectivity index (χ0n) is 11.2. The molecule has 0 atom stereocenters. The van der Waals surface area contributed by atoms with Crippen LogP contribution in [-0.2, 0) is 17.6 Å². The number of nitrogens with zero attached hydrogens (tertiary/aromatic N) is 1. The second-order valence-electron chi connectivity index (χ2n) is 4.68. The fourth-order valence-corrected chi connectivity index (χ4v) is 2.48. The van der Waals surface area contributed by atoms with Crippen LogP contribution in [-0.4, -0.2) is 10.7 Å². The highest BCUT2D eigenvalue weighted by Gasteiger charge is 2.14. The summed E-state index contributed by atoms with van der Waals surface area (Å²) in [5.74, 6) is -0.0880. The maximum Gasteiger partial charge on any atom is 0.288 e. The van der Waals surface area contributed by atoms with E-state index < -0.39 is 4.92 Å². The van der Waals surface area contributed by atoms with Gasteiger partial charge in [-0.05, 0) is 29.3 Å². The Morgan fingerprint density at radius 1 is 0.909 bits per heavy atom. The Bertz CT molecular complexity index is 747. The summed E-state index contributed by atoms with van der Waals surface area (Å²) in [6.07, 6.45) is 0.256. The molecular formula is C15H10Cl3NO3. The van der Waals surface area contributed by atoms with Crippen molar-refractivity contribution in [3.05, 3.63) is 72.7 Å². The Labute approximate surface area is 141 Å². The highest BCUT2D eigenvalue weighted by atomic mass is 35.5. The van der Waals surface area contributed by atoms with Crippen LogP contribution in [0.25, 0.3) is 0 Å². The van der Waals surface area contributed by atoms with Crippen LogP contribution in [0.1, 0.15) is 11.1 Å². The van der Waals surface area contributed by atoms with E-state index in [2.05, 4.69) is 0 Å². The van der Waals surface area contributed by atoms with Crippen LogP contribution in [0.4, 0.5) is 5.69 Å². The van der Waals surface area contributed by atoms with Crippen LogP contribution in [0, 0.1) is 10.1 Å². The topological polar surface area (TPSA) is 60.2 Å². The first-order chi connectivity index (χ1) is 10.4. The fraction of sp³-hybridized carbons (Fsp3) is 0.133. The maximum atomic E-state index is 12.1. The Morgan fingerprint density at radius 3 is 2.00 bits per heavy atom. The van der Waals surface area contributed by atoms with Crippen molar-refractivity contribution in [1.29, 1.82) is 0 Å². The van der Waals surface area contributed by atoms with Gasteiger partial charge in [0.25, 0.3) is 5.69 Å². The predicted octanol–water partition coefficient (Wildman–Crippen LogP) is 4.91. The molecule has 0 amide bonds. The average molecular weight is 359 g/mol. The molecule has 0 N–H and O–H groups in total. The van der Waals surface area contributed by atoms with Crippen molar-refractivity contribution in [3.63, 3.8) is 0 Å². The first-order valence-electron chi connectivity index (χ1n) is 6.25. The van der Waals surface area contributed by atoms with Crippen LogP contribution in [0.5, 0.6) is 0 Å². The summed E-state index contributed by atoms with van der Waals surface area (Å²) < 4.78 is 0. The van der Waals surface area contributed by atoms with Crippen molar-refractivity contribution in [2.45, 2.75) is 12.8 Å². The summed E-state index contributed by atoms with van der Waals surface area (Å²) in [4.78, 5) is 22.3. The van der Waals surface area contributed by atoms with Crippen molar-refractivity contribution in [1.82, 2.24) is 0 Å². The highest BCUT2D eigenvalue weighted by molar-refractivity contribution is 6.42. The molecule has 0 aliphatic carbocycles. The van der Waals surface area contributed by atoms with E-state index in [0.29, 0.717) is 15.6 Å². The third-order valence-electron chi connectivity index (χ3n) is 2.99. The van der Waals surface area contributed by atoms with E-state index in [0.717, 1.165) is 5.56 Å². The number of carbonyl (C=O) groups excluding carboxylic acids is 1. The molecule has 22 heavy (non-hydrogen) atoms. The van der Waals surface area contributed by atoms with Gasteiger partial charge in [0, 0.05) is 18.9 Å². The number of rotatable bonds is 5. The molecule has 0 unspecified atom stereocenters. The number of ketones is 1. The Hall–Kier alpha value is -1.62. The van der Waals surface area contributed by atoms with Crippen molar-refractivity contribution >= 4 is 46.3 Å². The van der Waals surface area contributed by atoms with Crippen LogP contribution in [0.15, 0.2) is 36.4 Å². The summed E-state index contributed by atoms with van der Waals surface area (Å²) in [6.45, 7) is 0. The second-order valence-corrected chi connectivity index (χ2v) is 5.91. The van der Waals surface area contributed by atoms with Gasteiger partial charge in [0.05, 0.1) is 15.0 Å². The van der Waals surface area contributed by atoms with Gasteiger partial charge in [0.1, 0.15) is 10.8 Å². The van der Waals surface area contributed by atoms with E-state index in [1.54, 1.807) is 24.3 Å². The molecule has 0 heterocycles. The molecule has 0 radical (unpaired) electrons. The monoisotopic (exact) mass is 357 g/mol.